The Morgan fingerprint density at radius 1 is 1.16 bits per heavy atom. The van der Waals surface area contributed by atoms with Crippen molar-refractivity contribution >= 4 is 29.3 Å². The maximum absolute atomic E-state index is 12.2. The first-order valence-electron chi connectivity index (χ1n) is 7.68. The van der Waals surface area contributed by atoms with Gasteiger partial charge in [-0.3, -0.25) is 9.59 Å². The molecule has 1 heterocycles. The second-order valence-electron chi connectivity index (χ2n) is 5.71. The molecule has 0 saturated heterocycles. The lowest BCUT2D eigenvalue weighted by atomic mass is 10.0. The number of carbonyl (C=O) groups is 3. The van der Waals surface area contributed by atoms with Gasteiger partial charge in [0.1, 0.15) is 6.04 Å². The molecule has 0 bridgehead atoms. The molecule has 1 unspecified atom stereocenters. The van der Waals surface area contributed by atoms with Crippen molar-refractivity contribution in [1.29, 1.82) is 0 Å². The minimum Gasteiger partial charge on any atom is -0.459 e. The van der Waals surface area contributed by atoms with Crippen molar-refractivity contribution in [3.05, 3.63) is 59.0 Å². The number of esters is 1. The van der Waals surface area contributed by atoms with Gasteiger partial charge in [0.05, 0.1) is 6.26 Å². The highest BCUT2D eigenvalue weighted by Crippen LogP contribution is 2.11. The second-order valence-corrected chi connectivity index (χ2v) is 6.15. The number of ketones is 1. The van der Waals surface area contributed by atoms with Crippen LogP contribution in [0.15, 0.2) is 47.1 Å². The summed E-state index contributed by atoms with van der Waals surface area (Å²) in [6.45, 7) is 3.10. The molecule has 0 fully saturated rings. The minimum absolute atomic E-state index is 0.0932. The van der Waals surface area contributed by atoms with Gasteiger partial charge >= 0.3 is 5.97 Å². The molecule has 0 aliphatic heterocycles. The second kappa shape index (κ2) is 8.48. The number of benzene rings is 1. The molecular formula is C18H18ClNO5. The fourth-order valence-electron chi connectivity index (χ4n) is 2.06. The number of furan rings is 1. The van der Waals surface area contributed by atoms with E-state index in [1.54, 1.807) is 44.2 Å². The van der Waals surface area contributed by atoms with Crippen molar-refractivity contribution in [3.63, 3.8) is 0 Å². The standard InChI is InChI=1S/C18H18ClNO5/c1-11(2)16(20-17(22)15-4-3-9-24-15)18(23)25-10-14(21)12-5-7-13(19)8-6-12/h3-9,11,16H,10H2,1-2H3,(H,20,22). The first-order chi connectivity index (χ1) is 11.9. The summed E-state index contributed by atoms with van der Waals surface area (Å²) in [5.41, 5.74) is 0.387. The molecule has 132 valence electrons. The van der Waals surface area contributed by atoms with Crippen molar-refractivity contribution in [2.24, 2.45) is 5.92 Å². The average molecular weight is 364 g/mol. The number of ether oxygens (including phenoxy) is 1. The number of carbonyl (C=O) groups excluding carboxylic acids is 3. The summed E-state index contributed by atoms with van der Waals surface area (Å²) in [4.78, 5) is 36.3. The van der Waals surface area contributed by atoms with E-state index in [4.69, 9.17) is 20.8 Å². The smallest absolute Gasteiger partial charge is 0.329 e. The molecule has 0 spiro atoms. The lowest BCUT2D eigenvalue weighted by molar-refractivity contribution is -0.145. The van der Waals surface area contributed by atoms with Crippen LogP contribution >= 0.6 is 11.6 Å². The highest BCUT2D eigenvalue weighted by atomic mass is 35.5. The van der Waals surface area contributed by atoms with Crippen LogP contribution < -0.4 is 5.32 Å². The Labute approximate surface area is 150 Å². The Balaban J connectivity index is 1.94. The molecule has 1 amide bonds. The number of hydrogen-bond donors (Lipinski definition) is 1. The molecule has 0 saturated carbocycles. The number of rotatable bonds is 7. The zero-order chi connectivity index (χ0) is 18.4. The topological polar surface area (TPSA) is 85.6 Å². The van der Waals surface area contributed by atoms with E-state index in [1.165, 1.54) is 12.3 Å². The third-order valence-corrected chi connectivity index (χ3v) is 3.72. The number of hydrogen-bond acceptors (Lipinski definition) is 5. The Hall–Kier alpha value is -2.60. The highest BCUT2D eigenvalue weighted by molar-refractivity contribution is 6.30. The SMILES string of the molecule is CC(C)C(NC(=O)c1ccco1)C(=O)OCC(=O)c1ccc(Cl)cc1. The van der Waals surface area contributed by atoms with Gasteiger partial charge in [-0.05, 0) is 42.3 Å². The van der Waals surface area contributed by atoms with Crippen molar-refractivity contribution in [3.8, 4) is 0 Å². The predicted molar refractivity (Wildman–Crippen MR) is 91.5 cm³/mol. The van der Waals surface area contributed by atoms with Crippen LogP contribution in [0, 0.1) is 5.92 Å². The first-order valence-corrected chi connectivity index (χ1v) is 8.06. The number of Topliss-reactive ketones (excluding diaryl/α,β-unsaturated/α-hetero) is 1. The summed E-state index contributed by atoms with van der Waals surface area (Å²) in [5.74, 6) is -1.69. The van der Waals surface area contributed by atoms with Gasteiger partial charge in [0, 0.05) is 10.6 Å². The van der Waals surface area contributed by atoms with E-state index in [0.29, 0.717) is 10.6 Å². The largest absolute Gasteiger partial charge is 0.459 e. The maximum atomic E-state index is 12.2. The fraction of sp³-hybridized carbons (Fsp3) is 0.278. The molecule has 7 heteroatoms. The molecule has 25 heavy (non-hydrogen) atoms. The van der Waals surface area contributed by atoms with Crippen molar-refractivity contribution in [2.45, 2.75) is 19.9 Å². The molecule has 2 aromatic rings. The van der Waals surface area contributed by atoms with Gasteiger partial charge in [0.15, 0.2) is 18.2 Å². The number of halogens is 1. The van der Waals surface area contributed by atoms with Gasteiger partial charge in [-0.25, -0.2) is 4.79 Å². The summed E-state index contributed by atoms with van der Waals surface area (Å²) < 4.78 is 10.1. The van der Waals surface area contributed by atoms with E-state index in [0.717, 1.165) is 0 Å². The first kappa shape index (κ1) is 18.7. The predicted octanol–water partition coefficient (Wildman–Crippen LogP) is 3.11. The van der Waals surface area contributed by atoms with Gasteiger partial charge in [0.25, 0.3) is 5.91 Å². The van der Waals surface area contributed by atoms with Crippen molar-refractivity contribution < 1.29 is 23.5 Å². The molecule has 2 rings (SSSR count). The van der Waals surface area contributed by atoms with Gasteiger partial charge in [-0.1, -0.05) is 25.4 Å². The molecule has 1 N–H and O–H groups in total. The molecule has 1 atom stereocenters. The summed E-state index contributed by atoms with van der Waals surface area (Å²) in [5, 5.41) is 3.06. The van der Waals surface area contributed by atoms with Gasteiger partial charge in [-0.2, -0.15) is 0 Å². The molecule has 1 aromatic carbocycles. The zero-order valence-corrected chi connectivity index (χ0v) is 14.6. The summed E-state index contributed by atoms with van der Waals surface area (Å²) >= 11 is 5.77. The van der Waals surface area contributed by atoms with Crippen LogP contribution in [0.1, 0.15) is 34.8 Å². The minimum atomic E-state index is -0.893. The van der Waals surface area contributed by atoms with Crippen LogP contribution in [0.25, 0.3) is 0 Å². The Morgan fingerprint density at radius 3 is 2.40 bits per heavy atom. The van der Waals surface area contributed by atoms with Gasteiger partial charge in [-0.15, -0.1) is 0 Å². The number of nitrogens with one attached hydrogen (secondary N) is 1. The summed E-state index contributed by atoms with van der Waals surface area (Å²) in [6.07, 6.45) is 1.36. The third kappa shape index (κ3) is 5.19. The molecule has 0 radical (unpaired) electrons. The van der Waals surface area contributed by atoms with E-state index < -0.39 is 24.5 Å². The van der Waals surface area contributed by atoms with E-state index in [-0.39, 0.29) is 17.5 Å². The van der Waals surface area contributed by atoms with Crippen LogP contribution in [-0.4, -0.2) is 30.3 Å². The Bertz CT molecular complexity index is 737. The van der Waals surface area contributed by atoms with Crippen LogP contribution in [0.2, 0.25) is 5.02 Å². The average Bonchev–Trinajstić information content (AvgIpc) is 3.12. The van der Waals surface area contributed by atoms with Crippen molar-refractivity contribution in [2.75, 3.05) is 6.61 Å². The lowest BCUT2D eigenvalue weighted by Crippen LogP contribution is -2.45. The molecule has 0 aliphatic rings. The quantitative estimate of drug-likeness (QED) is 0.603. The molecule has 1 aromatic heterocycles. The molecular weight excluding hydrogens is 346 g/mol. The van der Waals surface area contributed by atoms with E-state index in [2.05, 4.69) is 5.32 Å². The van der Waals surface area contributed by atoms with Crippen molar-refractivity contribution in [1.82, 2.24) is 5.32 Å². The van der Waals surface area contributed by atoms with Crippen LogP contribution in [0.3, 0.4) is 0 Å². The number of amides is 1. The lowest BCUT2D eigenvalue weighted by Gasteiger charge is -2.20. The summed E-state index contributed by atoms with van der Waals surface area (Å²) in [6, 6.07) is 8.43. The van der Waals surface area contributed by atoms with Gasteiger partial charge < -0.3 is 14.5 Å². The van der Waals surface area contributed by atoms with E-state index >= 15 is 0 Å². The van der Waals surface area contributed by atoms with Gasteiger partial charge in [0.2, 0.25) is 0 Å². The molecule has 6 nitrogen and oxygen atoms in total. The van der Waals surface area contributed by atoms with Crippen LogP contribution in [0.4, 0.5) is 0 Å². The highest BCUT2D eigenvalue weighted by Gasteiger charge is 2.27. The Morgan fingerprint density at radius 2 is 1.84 bits per heavy atom. The zero-order valence-electron chi connectivity index (χ0n) is 13.8. The van der Waals surface area contributed by atoms with E-state index in [1.807, 2.05) is 0 Å². The Kier molecular flexibility index (Phi) is 6.36. The molecule has 0 aliphatic carbocycles. The van der Waals surface area contributed by atoms with Crippen LogP contribution in [0.5, 0.6) is 0 Å². The fourth-order valence-corrected chi connectivity index (χ4v) is 2.19. The van der Waals surface area contributed by atoms with Crippen LogP contribution in [-0.2, 0) is 9.53 Å². The summed E-state index contributed by atoms with van der Waals surface area (Å²) in [7, 11) is 0. The monoisotopic (exact) mass is 363 g/mol. The third-order valence-electron chi connectivity index (χ3n) is 3.46. The normalized spacial score (nSPS) is 11.8. The maximum Gasteiger partial charge on any atom is 0.329 e. The van der Waals surface area contributed by atoms with E-state index in [9.17, 15) is 14.4 Å².